The van der Waals surface area contributed by atoms with Gasteiger partial charge in [0, 0.05) is 6.54 Å². The maximum absolute atomic E-state index is 11.9. The van der Waals surface area contributed by atoms with Crippen molar-refractivity contribution in [3.63, 3.8) is 0 Å². The Morgan fingerprint density at radius 1 is 1.32 bits per heavy atom. The third-order valence-electron chi connectivity index (χ3n) is 3.71. The van der Waals surface area contributed by atoms with E-state index in [0.29, 0.717) is 6.54 Å². The van der Waals surface area contributed by atoms with Gasteiger partial charge in [-0.05, 0) is 25.8 Å². The molecule has 19 heavy (non-hydrogen) atoms. The molecule has 1 unspecified atom stereocenters. The number of likely N-dealkylation sites (tertiary alicyclic amines) is 1. The minimum Gasteiger partial charge on any atom is -0.326 e. The standard InChI is InChI=1S/C15H27N3O/c1-2-3-4-5-6-7-10-17-13-15(19)18-11-8-9-14(18)12-16/h14,17H,2-11,13H2,1H3. The third kappa shape index (κ3) is 6.07. The van der Waals surface area contributed by atoms with Gasteiger partial charge >= 0.3 is 0 Å². The van der Waals surface area contributed by atoms with E-state index in [1.54, 1.807) is 4.90 Å². The van der Waals surface area contributed by atoms with Crippen molar-refractivity contribution in [1.29, 1.82) is 5.26 Å². The summed E-state index contributed by atoms with van der Waals surface area (Å²) in [5.41, 5.74) is 0. The van der Waals surface area contributed by atoms with E-state index in [-0.39, 0.29) is 11.9 Å². The molecule has 1 saturated heterocycles. The largest absolute Gasteiger partial charge is 0.326 e. The van der Waals surface area contributed by atoms with Crippen LogP contribution in [0.1, 0.15) is 58.3 Å². The summed E-state index contributed by atoms with van der Waals surface area (Å²) >= 11 is 0. The molecule has 108 valence electrons. The van der Waals surface area contributed by atoms with Crippen LogP contribution >= 0.6 is 0 Å². The molecule has 0 aromatic carbocycles. The lowest BCUT2D eigenvalue weighted by atomic mass is 10.1. The summed E-state index contributed by atoms with van der Waals surface area (Å²) in [5, 5.41) is 12.1. The first-order chi connectivity index (χ1) is 9.29. The summed E-state index contributed by atoms with van der Waals surface area (Å²) in [7, 11) is 0. The summed E-state index contributed by atoms with van der Waals surface area (Å²) < 4.78 is 0. The average Bonchev–Trinajstić information content (AvgIpc) is 2.90. The molecule has 0 aromatic heterocycles. The van der Waals surface area contributed by atoms with Gasteiger partial charge in [-0.1, -0.05) is 39.0 Å². The molecule has 1 atom stereocenters. The van der Waals surface area contributed by atoms with Gasteiger partial charge < -0.3 is 10.2 Å². The fraction of sp³-hybridized carbons (Fsp3) is 0.867. The van der Waals surface area contributed by atoms with Crippen LogP contribution in [0, 0.1) is 11.3 Å². The number of nitrogens with one attached hydrogen (secondary N) is 1. The van der Waals surface area contributed by atoms with Crippen LogP contribution in [-0.4, -0.2) is 36.5 Å². The lowest BCUT2D eigenvalue weighted by molar-refractivity contribution is -0.130. The molecule has 4 heteroatoms. The predicted octanol–water partition coefficient (Wildman–Crippen LogP) is 2.45. The molecule has 0 aliphatic carbocycles. The highest BCUT2D eigenvalue weighted by Gasteiger charge is 2.27. The Balaban J connectivity index is 2.00. The molecular weight excluding hydrogens is 238 g/mol. The van der Waals surface area contributed by atoms with Crippen molar-refractivity contribution in [2.45, 2.75) is 64.3 Å². The van der Waals surface area contributed by atoms with Gasteiger partial charge in [-0.3, -0.25) is 4.79 Å². The van der Waals surface area contributed by atoms with E-state index in [0.717, 1.165) is 32.4 Å². The Morgan fingerprint density at radius 2 is 2.05 bits per heavy atom. The Morgan fingerprint density at radius 3 is 2.79 bits per heavy atom. The molecule has 0 radical (unpaired) electrons. The Bertz CT molecular complexity index is 298. The maximum atomic E-state index is 11.9. The smallest absolute Gasteiger partial charge is 0.237 e. The van der Waals surface area contributed by atoms with Crippen LogP contribution in [0.15, 0.2) is 0 Å². The van der Waals surface area contributed by atoms with Crippen LogP contribution in [-0.2, 0) is 4.79 Å². The highest BCUT2D eigenvalue weighted by molar-refractivity contribution is 5.79. The normalized spacial score (nSPS) is 18.5. The monoisotopic (exact) mass is 265 g/mol. The number of unbranched alkanes of at least 4 members (excludes halogenated alkanes) is 5. The maximum Gasteiger partial charge on any atom is 0.237 e. The van der Waals surface area contributed by atoms with Crippen molar-refractivity contribution in [2.75, 3.05) is 19.6 Å². The van der Waals surface area contributed by atoms with Crippen LogP contribution < -0.4 is 5.32 Å². The zero-order valence-corrected chi connectivity index (χ0v) is 12.2. The zero-order chi connectivity index (χ0) is 13.9. The van der Waals surface area contributed by atoms with E-state index in [1.165, 1.54) is 32.1 Å². The fourth-order valence-electron chi connectivity index (χ4n) is 2.53. The number of carbonyl (C=O) groups is 1. The van der Waals surface area contributed by atoms with Gasteiger partial charge in [-0.2, -0.15) is 5.26 Å². The van der Waals surface area contributed by atoms with Crippen LogP contribution in [0.25, 0.3) is 0 Å². The molecule has 1 amide bonds. The number of amides is 1. The molecule has 0 spiro atoms. The third-order valence-corrected chi connectivity index (χ3v) is 3.71. The molecule has 0 saturated carbocycles. The lowest BCUT2D eigenvalue weighted by Gasteiger charge is -2.19. The van der Waals surface area contributed by atoms with Crippen molar-refractivity contribution >= 4 is 5.91 Å². The number of hydrogen-bond acceptors (Lipinski definition) is 3. The summed E-state index contributed by atoms with van der Waals surface area (Å²) in [6.45, 7) is 4.26. The molecule has 4 nitrogen and oxygen atoms in total. The predicted molar refractivity (Wildman–Crippen MR) is 76.6 cm³/mol. The molecule has 1 rings (SSSR count). The van der Waals surface area contributed by atoms with Gasteiger partial charge in [0.2, 0.25) is 5.91 Å². The van der Waals surface area contributed by atoms with Crippen molar-refractivity contribution in [3.05, 3.63) is 0 Å². The van der Waals surface area contributed by atoms with Gasteiger partial charge in [-0.15, -0.1) is 0 Å². The van der Waals surface area contributed by atoms with Gasteiger partial charge in [-0.25, -0.2) is 0 Å². The van der Waals surface area contributed by atoms with E-state index in [4.69, 9.17) is 5.26 Å². The van der Waals surface area contributed by atoms with Crippen molar-refractivity contribution in [3.8, 4) is 6.07 Å². The quantitative estimate of drug-likeness (QED) is 0.651. The fourth-order valence-corrected chi connectivity index (χ4v) is 2.53. The van der Waals surface area contributed by atoms with E-state index >= 15 is 0 Å². The summed E-state index contributed by atoms with van der Waals surface area (Å²) in [6.07, 6.45) is 9.41. The van der Waals surface area contributed by atoms with Crippen LogP contribution in [0.3, 0.4) is 0 Å². The molecule has 1 aliphatic rings. The molecule has 1 heterocycles. The van der Waals surface area contributed by atoms with E-state index < -0.39 is 0 Å². The van der Waals surface area contributed by atoms with Crippen LogP contribution in [0.4, 0.5) is 0 Å². The first kappa shape index (κ1) is 16.0. The van der Waals surface area contributed by atoms with Crippen LogP contribution in [0.5, 0.6) is 0 Å². The summed E-state index contributed by atoms with van der Waals surface area (Å²) in [5.74, 6) is 0.0787. The molecular formula is C15H27N3O. The van der Waals surface area contributed by atoms with Gasteiger partial charge in [0.15, 0.2) is 0 Å². The second-order valence-corrected chi connectivity index (χ2v) is 5.32. The summed E-state index contributed by atoms with van der Waals surface area (Å²) in [4.78, 5) is 13.6. The number of nitrogens with zero attached hydrogens (tertiary/aromatic N) is 2. The Hall–Kier alpha value is -1.08. The van der Waals surface area contributed by atoms with Crippen molar-refractivity contribution < 1.29 is 4.79 Å². The Kier molecular flexibility index (Phi) is 8.24. The SMILES string of the molecule is CCCCCCCCNCC(=O)N1CCCC1C#N. The van der Waals surface area contributed by atoms with E-state index in [1.807, 2.05) is 0 Å². The highest BCUT2D eigenvalue weighted by Crippen LogP contribution is 2.15. The topological polar surface area (TPSA) is 56.1 Å². The van der Waals surface area contributed by atoms with Gasteiger partial charge in [0.1, 0.15) is 6.04 Å². The van der Waals surface area contributed by atoms with Gasteiger partial charge in [0.05, 0.1) is 12.6 Å². The number of carbonyl (C=O) groups excluding carboxylic acids is 1. The average molecular weight is 265 g/mol. The molecule has 1 aliphatic heterocycles. The second-order valence-electron chi connectivity index (χ2n) is 5.32. The molecule has 1 N–H and O–H groups in total. The Labute approximate surface area is 117 Å². The minimum atomic E-state index is -0.191. The van der Waals surface area contributed by atoms with E-state index in [9.17, 15) is 4.79 Å². The van der Waals surface area contributed by atoms with Crippen LogP contribution in [0.2, 0.25) is 0 Å². The van der Waals surface area contributed by atoms with Gasteiger partial charge in [0.25, 0.3) is 0 Å². The first-order valence-corrected chi connectivity index (χ1v) is 7.69. The molecule has 0 aromatic rings. The minimum absolute atomic E-state index is 0.0787. The van der Waals surface area contributed by atoms with Crippen molar-refractivity contribution in [2.24, 2.45) is 0 Å². The zero-order valence-electron chi connectivity index (χ0n) is 12.2. The first-order valence-electron chi connectivity index (χ1n) is 7.69. The second kappa shape index (κ2) is 9.80. The highest BCUT2D eigenvalue weighted by atomic mass is 16.2. The molecule has 0 bridgehead atoms. The number of nitriles is 1. The summed E-state index contributed by atoms with van der Waals surface area (Å²) in [6, 6.07) is 2.01. The number of rotatable bonds is 9. The number of hydrogen-bond donors (Lipinski definition) is 1. The van der Waals surface area contributed by atoms with E-state index in [2.05, 4.69) is 18.3 Å². The lowest BCUT2D eigenvalue weighted by Crippen LogP contribution is -2.40. The van der Waals surface area contributed by atoms with Crippen molar-refractivity contribution in [1.82, 2.24) is 10.2 Å². The molecule has 1 fully saturated rings.